The lowest BCUT2D eigenvalue weighted by atomic mass is 10.3. The first-order valence-electron chi connectivity index (χ1n) is 8.34. The van der Waals surface area contributed by atoms with Crippen LogP contribution in [-0.4, -0.2) is 39.4 Å². The maximum Gasteiger partial charge on any atom is 0.264 e. The Morgan fingerprint density at radius 2 is 2.18 bits per heavy atom. The fourth-order valence-corrected chi connectivity index (χ4v) is 3.34. The van der Waals surface area contributed by atoms with Crippen molar-refractivity contribution < 1.29 is 9.53 Å². The smallest absolute Gasteiger partial charge is 0.264 e. The van der Waals surface area contributed by atoms with Crippen molar-refractivity contribution in [2.75, 3.05) is 28.9 Å². The fourth-order valence-electron chi connectivity index (χ4n) is 2.10. The molecule has 2 aromatic heterocycles. The minimum Gasteiger partial charge on any atom is -0.494 e. The second-order valence-corrected chi connectivity index (χ2v) is 7.28. The summed E-state index contributed by atoms with van der Waals surface area (Å²) in [6.45, 7) is 2.51. The monoisotopic (exact) mass is 417 g/mol. The number of carbonyl (C=O) groups is 1. The molecule has 0 atom stereocenters. The van der Waals surface area contributed by atoms with Gasteiger partial charge in [0.2, 0.25) is 11.1 Å². The molecule has 4 N–H and O–H groups in total. The van der Waals surface area contributed by atoms with Crippen molar-refractivity contribution in [3.05, 3.63) is 46.7 Å². The lowest BCUT2D eigenvalue weighted by molar-refractivity contribution is -0.113. The van der Waals surface area contributed by atoms with E-state index in [1.54, 1.807) is 41.8 Å². The number of rotatable bonds is 9. The van der Waals surface area contributed by atoms with Crippen LogP contribution in [0.15, 0.2) is 52.0 Å². The van der Waals surface area contributed by atoms with Gasteiger partial charge in [-0.05, 0) is 42.6 Å². The SMILES string of the molecule is CCOc1ccc(NC(=O)CSc2nnc(N/N=C/c3cccs3)n2N)cc1. The van der Waals surface area contributed by atoms with Crippen LogP contribution in [0.5, 0.6) is 5.75 Å². The van der Waals surface area contributed by atoms with Gasteiger partial charge in [0.05, 0.1) is 18.6 Å². The van der Waals surface area contributed by atoms with Crippen molar-refractivity contribution in [1.82, 2.24) is 14.9 Å². The number of nitrogens with two attached hydrogens (primary N) is 1. The largest absolute Gasteiger partial charge is 0.494 e. The first kappa shape index (κ1) is 19.7. The Morgan fingerprint density at radius 3 is 2.89 bits per heavy atom. The number of nitrogens with one attached hydrogen (secondary N) is 2. The molecule has 9 nitrogen and oxygen atoms in total. The van der Waals surface area contributed by atoms with Crippen LogP contribution >= 0.6 is 23.1 Å². The summed E-state index contributed by atoms with van der Waals surface area (Å²) in [6, 6.07) is 11.0. The summed E-state index contributed by atoms with van der Waals surface area (Å²) >= 11 is 2.74. The molecule has 3 rings (SSSR count). The zero-order valence-electron chi connectivity index (χ0n) is 15.0. The Hall–Kier alpha value is -3.05. The number of thioether (sulfide) groups is 1. The molecule has 0 bridgehead atoms. The first-order valence-corrected chi connectivity index (χ1v) is 10.2. The molecular weight excluding hydrogens is 398 g/mol. The molecule has 3 aromatic rings. The highest BCUT2D eigenvalue weighted by molar-refractivity contribution is 7.99. The summed E-state index contributed by atoms with van der Waals surface area (Å²) in [7, 11) is 0. The summed E-state index contributed by atoms with van der Waals surface area (Å²) < 4.78 is 6.62. The van der Waals surface area contributed by atoms with Crippen molar-refractivity contribution in [1.29, 1.82) is 0 Å². The van der Waals surface area contributed by atoms with Crippen molar-refractivity contribution in [3.8, 4) is 5.75 Å². The van der Waals surface area contributed by atoms with E-state index in [1.165, 1.54) is 16.4 Å². The molecule has 0 saturated heterocycles. The summed E-state index contributed by atoms with van der Waals surface area (Å²) in [5, 5.41) is 17.1. The average molecular weight is 418 g/mol. The fraction of sp³-hybridized carbons (Fsp3) is 0.176. The van der Waals surface area contributed by atoms with Crippen molar-refractivity contribution >= 4 is 46.9 Å². The number of anilines is 2. The molecule has 0 aliphatic rings. The van der Waals surface area contributed by atoms with E-state index in [4.69, 9.17) is 10.6 Å². The molecule has 0 unspecified atom stereocenters. The van der Waals surface area contributed by atoms with Gasteiger partial charge in [-0.25, -0.2) is 10.1 Å². The maximum absolute atomic E-state index is 12.1. The van der Waals surface area contributed by atoms with Gasteiger partial charge in [0.25, 0.3) is 5.95 Å². The van der Waals surface area contributed by atoms with E-state index in [0.29, 0.717) is 17.5 Å². The second kappa shape index (κ2) is 9.76. The van der Waals surface area contributed by atoms with Crippen LogP contribution in [0.4, 0.5) is 11.6 Å². The summed E-state index contributed by atoms with van der Waals surface area (Å²) in [5.41, 5.74) is 3.42. The minimum atomic E-state index is -0.178. The van der Waals surface area contributed by atoms with Gasteiger partial charge in [0.1, 0.15) is 5.75 Å². The van der Waals surface area contributed by atoms with E-state index >= 15 is 0 Å². The summed E-state index contributed by atoms with van der Waals surface area (Å²) in [5.74, 6) is 6.94. The van der Waals surface area contributed by atoms with Crippen LogP contribution < -0.4 is 21.3 Å². The summed E-state index contributed by atoms with van der Waals surface area (Å²) in [4.78, 5) is 13.1. The highest BCUT2D eigenvalue weighted by Gasteiger charge is 2.12. The zero-order chi connectivity index (χ0) is 19.8. The molecule has 1 amide bonds. The van der Waals surface area contributed by atoms with Crippen molar-refractivity contribution in [2.24, 2.45) is 5.10 Å². The third kappa shape index (κ3) is 5.47. The molecule has 2 heterocycles. The number of hydrogen-bond donors (Lipinski definition) is 3. The number of benzene rings is 1. The van der Waals surface area contributed by atoms with Crippen LogP contribution in [-0.2, 0) is 4.79 Å². The summed E-state index contributed by atoms with van der Waals surface area (Å²) in [6.07, 6.45) is 1.66. The van der Waals surface area contributed by atoms with Crippen molar-refractivity contribution in [3.63, 3.8) is 0 Å². The van der Waals surface area contributed by atoms with E-state index in [9.17, 15) is 4.79 Å². The molecule has 0 radical (unpaired) electrons. The van der Waals surface area contributed by atoms with Gasteiger partial charge in [0.15, 0.2) is 0 Å². The van der Waals surface area contributed by atoms with Gasteiger partial charge in [-0.2, -0.15) is 5.10 Å². The molecule has 0 aliphatic heterocycles. The molecule has 1 aromatic carbocycles. The van der Waals surface area contributed by atoms with Gasteiger partial charge >= 0.3 is 0 Å². The number of carbonyl (C=O) groups excluding carboxylic acids is 1. The van der Waals surface area contributed by atoms with Gasteiger partial charge in [-0.3, -0.25) is 4.79 Å². The Bertz CT molecular complexity index is 924. The average Bonchev–Trinajstić information content (AvgIpc) is 3.33. The molecule has 146 valence electrons. The lowest BCUT2D eigenvalue weighted by Crippen LogP contribution is -2.16. The second-order valence-electron chi connectivity index (χ2n) is 5.36. The standard InChI is InChI=1S/C17H19N7O2S2/c1-2-26-13-7-5-12(6-8-13)20-15(25)11-28-17-23-22-16(24(17)18)21-19-10-14-4-3-9-27-14/h3-10H,2,11,18H2,1H3,(H,20,25)(H,21,22)/b19-10+. The Labute approximate surface area is 170 Å². The lowest BCUT2D eigenvalue weighted by Gasteiger charge is -2.07. The number of amides is 1. The minimum absolute atomic E-state index is 0.140. The van der Waals surface area contributed by atoms with E-state index in [-0.39, 0.29) is 17.6 Å². The number of hydrogen-bond acceptors (Lipinski definition) is 9. The van der Waals surface area contributed by atoms with Crippen LogP contribution in [0.2, 0.25) is 0 Å². The Balaban J connectivity index is 1.48. The molecular formula is C17H19N7O2S2. The quantitative estimate of drug-likeness (QED) is 0.212. The first-order chi connectivity index (χ1) is 13.7. The van der Waals surface area contributed by atoms with Gasteiger partial charge in [-0.15, -0.1) is 21.5 Å². The molecule has 0 spiro atoms. The van der Waals surface area contributed by atoms with Crippen LogP contribution in [0.25, 0.3) is 0 Å². The highest BCUT2D eigenvalue weighted by atomic mass is 32.2. The van der Waals surface area contributed by atoms with E-state index in [2.05, 4.69) is 26.0 Å². The van der Waals surface area contributed by atoms with E-state index in [0.717, 1.165) is 10.6 Å². The number of aromatic nitrogens is 3. The third-order valence-corrected chi connectivity index (χ3v) is 5.10. The normalized spacial score (nSPS) is 10.9. The van der Waals surface area contributed by atoms with Crippen LogP contribution in [0, 0.1) is 0 Å². The number of nitrogens with zero attached hydrogens (tertiary/aromatic N) is 4. The number of ether oxygens (including phenoxy) is 1. The molecule has 0 saturated carbocycles. The molecule has 28 heavy (non-hydrogen) atoms. The third-order valence-electron chi connectivity index (χ3n) is 3.35. The van der Waals surface area contributed by atoms with Crippen LogP contribution in [0.1, 0.15) is 11.8 Å². The van der Waals surface area contributed by atoms with Gasteiger partial charge < -0.3 is 15.9 Å². The predicted molar refractivity (Wildman–Crippen MR) is 113 cm³/mol. The van der Waals surface area contributed by atoms with E-state index < -0.39 is 0 Å². The number of hydrazone groups is 1. The predicted octanol–water partition coefficient (Wildman–Crippen LogP) is 2.63. The highest BCUT2D eigenvalue weighted by Crippen LogP contribution is 2.19. The van der Waals surface area contributed by atoms with Gasteiger partial charge in [-0.1, -0.05) is 17.8 Å². The molecule has 11 heteroatoms. The number of thiophene rings is 1. The Kier molecular flexibility index (Phi) is 6.87. The van der Waals surface area contributed by atoms with Crippen LogP contribution in [0.3, 0.4) is 0 Å². The zero-order valence-corrected chi connectivity index (χ0v) is 16.7. The molecule has 0 fully saturated rings. The van der Waals surface area contributed by atoms with E-state index in [1.807, 2.05) is 24.4 Å². The number of nitrogen functional groups attached to an aromatic ring is 1. The topological polar surface area (TPSA) is 119 Å². The Morgan fingerprint density at radius 1 is 1.36 bits per heavy atom. The molecule has 0 aliphatic carbocycles. The van der Waals surface area contributed by atoms with Gasteiger partial charge in [0, 0.05) is 10.6 Å². The maximum atomic E-state index is 12.1. The van der Waals surface area contributed by atoms with Crippen molar-refractivity contribution in [2.45, 2.75) is 12.1 Å².